The first-order chi connectivity index (χ1) is 35.5. The van der Waals surface area contributed by atoms with Crippen LogP contribution in [-0.4, -0.2) is 31.2 Å². The van der Waals surface area contributed by atoms with Gasteiger partial charge in [0.15, 0.2) is 0 Å². The summed E-state index contributed by atoms with van der Waals surface area (Å²) >= 11 is 24.3. The molecule has 0 spiro atoms. The van der Waals surface area contributed by atoms with Crippen LogP contribution in [0, 0.1) is 55.4 Å². The summed E-state index contributed by atoms with van der Waals surface area (Å²) in [6.45, 7) is 22.8. The van der Waals surface area contributed by atoms with E-state index >= 15 is 0 Å². The molecule has 392 valence electrons. The number of rotatable bonds is 8. The Hall–Kier alpha value is -3.97. The monoisotopic (exact) mass is 1300 g/mol. The third kappa shape index (κ3) is 15.4. The molecule has 1 aliphatic rings. The highest BCUT2D eigenvalue weighted by molar-refractivity contribution is 9.11. The summed E-state index contributed by atoms with van der Waals surface area (Å²) in [6.07, 6.45) is 0. The van der Waals surface area contributed by atoms with Crippen LogP contribution in [-0.2, 0) is 15.8 Å². The van der Waals surface area contributed by atoms with Crippen LogP contribution in [0.25, 0.3) is 22.3 Å². The van der Waals surface area contributed by atoms with Gasteiger partial charge >= 0.3 is 7.54 Å². The topological polar surface area (TPSA) is 29.5 Å². The number of aliphatic hydroxyl groups is 1. The van der Waals surface area contributed by atoms with E-state index < -0.39 is 13.1 Å². The Kier molecular flexibility index (Phi) is 23.2. The third-order valence-electron chi connectivity index (χ3n) is 12.6. The largest absolute Gasteiger partial charge is 0.762 e. The summed E-state index contributed by atoms with van der Waals surface area (Å²) < 4.78 is 38.0. The summed E-state index contributed by atoms with van der Waals surface area (Å²) in [4.78, 5) is 0. The number of hydrogen-bond acceptors (Lipinski definition) is 2. The smallest absolute Gasteiger partial charge is 0.382 e. The van der Waals surface area contributed by atoms with Gasteiger partial charge in [-0.1, -0.05) is 211 Å². The third-order valence-corrected chi connectivity index (χ3v) is 14.6. The van der Waals surface area contributed by atoms with Gasteiger partial charge in [-0.05, 0) is 173 Å². The van der Waals surface area contributed by atoms with Crippen molar-refractivity contribution < 1.29 is 22.8 Å². The second kappa shape index (κ2) is 28.1. The summed E-state index contributed by atoms with van der Waals surface area (Å²) in [7, 11) is -3.67. The van der Waals surface area contributed by atoms with Crippen molar-refractivity contribution in [3.05, 3.63) is 253 Å². The van der Waals surface area contributed by atoms with Gasteiger partial charge in [-0.25, -0.2) is 0 Å². The quantitative estimate of drug-likeness (QED) is 0.0933. The molecule has 12 heteroatoms. The van der Waals surface area contributed by atoms with Gasteiger partial charge in [0.1, 0.15) is 5.60 Å². The fourth-order valence-corrected chi connectivity index (χ4v) is 11.5. The predicted molar refractivity (Wildman–Crippen MR) is 327 cm³/mol. The fourth-order valence-electron chi connectivity index (χ4n) is 10.2. The Bertz CT molecular complexity index is 2980. The molecule has 8 aromatic carbocycles. The van der Waals surface area contributed by atoms with E-state index in [1.807, 2.05) is 38.1 Å². The number of alkyl halides is 2. The summed E-state index contributed by atoms with van der Waals surface area (Å²) in [5, 5.41) is 12.9. The van der Waals surface area contributed by atoms with Crippen molar-refractivity contribution in [3.63, 3.8) is 0 Å². The van der Waals surface area contributed by atoms with Crippen molar-refractivity contribution >= 4 is 94.5 Å². The SMILES string of the molecule is CCOCC.Cc1cc(C)cc(C(O)(c2cc(C)cc(C)c2)c2cc(Br)ccc2-c2ccc(Br)cc2)c1.Cc1cc(C)cc(C2(c3cc(C)cc(C)c3)c3cc(Br)ccc3-c3ccc(Br)cc32)c1.ClCCl.FB(F)F. The van der Waals surface area contributed by atoms with E-state index in [0.29, 0.717) is 0 Å². The lowest BCUT2D eigenvalue weighted by Crippen LogP contribution is -2.30. The van der Waals surface area contributed by atoms with Crippen LogP contribution >= 0.6 is 86.9 Å². The molecule has 0 atom stereocenters. The van der Waals surface area contributed by atoms with Gasteiger partial charge in [0.05, 0.1) is 10.8 Å². The minimum Gasteiger partial charge on any atom is -0.382 e. The summed E-state index contributed by atoms with van der Waals surface area (Å²) in [5.74, 6) is 0. The summed E-state index contributed by atoms with van der Waals surface area (Å²) in [6, 6.07) is 54.5. The van der Waals surface area contributed by atoms with E-state index in [4.69, 9.17) is 27.9 Å². The van der Waals surface area contributed by atoms with Crippen LogP contribution < -0.4 is 0 Å². The zero-order chi connectivity index (χ0) is 55.4. The van der Waals surface area contributed by atoms with Gasteiger partial charge in [0.25, 0.3) is 0 Å². The molecule has 0 aromatic heterocycles. The zero-order valence-electron chi connectivity index (χ0n) is 43.9. The van der Waals surface area contributed by atoms with Gasteiger partial charge < -0.3 is 9.84 Å². The Morgan fingerprint density at radius 1 is 0.453 bits per heavy atom. The maximum atomic E-state index is 12.7. The van der Waals surface area contributed by atoms with Crippen molar-refractivity contribution in [2.75, 3.05) is 18.6 Å². The van der Waals surface area contributed by atoms with Gasteiger partial charge in [0, 0.05) is 36.7 Å². The number of hydrogen-bond donors (Lipinski definition) is 1. The Labute approximate surface area is 487 Å². The van der Waals surface area contributed by atoms with E-state index in [-0.39, 0.29) is 10.8 Å². The molecule has 1 aliphatic carbocycles. The van der Waals surface area contributed by atoms with Gasteiger partial charge in [-0.3, -0.25) is 12.9 Å². The molecule has 0 heterocycles. The molecule has 0 saturated carbocycles. The van der Waals surface area contributed by atoms with E-state index in [1.165, 1.54) is 55.6 Å². The van der Waals surface area contributed by atoms with Crippen molar-refractivity contribution in [2.24, 2.45) is 0 Å². The molecule has 9 rings (SSSR count). The first-order valence-corrected chi connectivity index (χ1v) is 28.6. The Morgan fingerprint density at radius 2 is 0.747 bits per heavy atom. The molecule has 8 aromatic rings. The Balaban J connectivity index is 0.000000229. The van der Waals surface area contributed by atoms with Crippen LogP contribution in [0.3, 0.4) is 0 Å². The standard InChI is InChI=1S/C29H26Br2O.C29H24Br2.C4H10O.CH2Cl2.BF3/c1-18-11-19(2)14-23(13-18)29(32,24-15-20(3)12-21(4)16-24)28-17-26(31)9-10-27(28)22-5-7-25(30)8-6-22;1-17-9-18(2)12-21(11-17)29(22-13-19(3)10-20(4)14-22)27-15-23(30)5-7-25(27)26-8-6-24(31)16-28(26)29;1-3-5-4-2;2-1-3;2-1(3)4/h5-17,32H,1-4H3;5-16H,1-4H3;3-4H2,1-2H3;1H2;. The second-order valence-corrected chi connectivity index (χ2v) is 23.1. The summed E-state index contributed by atoms with van der Waals surface area (Å²) in [5.41, 5.74) is 20.6. The highest BCUT2D eigenvalue weighted by Crippen LogP contribution is 2.57. The van der Waals surface area contributed by atoms with Crippen LogP contribution in [0.4, 0.5) is 12.9 Å². The van der Waals surface area contributed by atoms with E-state index in [1.54, 1.807) is 0 Å². The molecule has 0 bridgehead atoms. The number of halogens is 9. The molecule has 0 amide bonds. The first kappa shape index (κ1) is 61.9. The molecule has 2 nitrogen and oxygen atoms in total. The average molecular weight is 1310 g/mol. The molecular formula is C63H62BBr4Cl2F3O2. The van der Waals surface area contributed by atoms with E-state index in [9.17, 15) is 18.1 Å². The predicted octanol–water partition coefficient (Wildman–Crippen LogP) is 20.5. The van der Waals surface area contributed by atoms with Crippen molar-refractivity contribution in [3.8, 4) is 22.3 Å². The first-order valence-electron chi connectivity index (χ1n) is 24.4. The second-order valence-electron chi connectivity index (χ2n) is 18.7. The van der Waals surface area contributed by atoms with Crippen molar-refractivity contribution in [2.45, 2.75) is 80.3 Å². The maximum Gasteiger partial charge on any atom is 0.762 e. The van der Waals surface area contributed by atoms with Gasteiger partial charge in [-0.2, -0.15) is 0 Å². The minimum absolute atomic E-state index is 0.194. The molecule has 0 saturated heterocycles. The van der Waals surface area contributed by atoms with Crippen LogP contribution in [0.15, 0.2) is 170 Å². The highest BCUT2D eigenvalue weighted by Gasteiger charge is 2.47. The Morgan fingerprint density at radius 3 is 1.07 bits per heavy atom. The molecule has 0 unspecified atom stereocenters. The molecule has 0 radical (unpaired) electrons. The number of benzene rings is 8. The maximum absolute atomic E-state index is 12.7. The molecule has 0 aliphatic heterocycles. The van der Waals surface area contributed by atoms with E-state index in [0.717, 1.165) is 81.2 Å². The molecular weight excluding hydrogens is 1250 g/mol. The molecule has 0 fully saturated rings. The minimum atomic E-state index is -3.67. The van der Waals surface area contributed by atoms with Crippen LogP contribution in [0.5, 0.6) is 0 Å². The van der Waals surface area contributed by atoms with Crippen LogP contribution in [0.2, 0.25) is 0 Å². The lowest BCUT2D eigenvalue weighted by molar-refractivity contribution is 0.126. The van der Waals surface area contributed by atoms with Gasteiger partial charge in [0.2, 0.25) is 0 Å². The average Bonchev–Trinajstić information content (AvgIpc) is 3.60. The number of ether oxygens (including phenoxy) is 1. The zero-order valence-corrected chi connectivity index (χ0v) is 51.7. The van der Waals surface area contributed by atoms with Crippen molar-refractivity contribution in [1.29, 1.82) is 0 Å². The van der Waals surface area contributed by atoms with E-state index in [2.05, 4.69) is 247 Å². The van der Waals surface area contributed by atoms with Crippen molar-refractivity contribution in [1.82, 2.24) is 0 Å². The number of aryl methyl sites for hydroxylation is 8. The number of fused-ring (bicyclic) bond motifs is 3. The highest BCUT2D eigenvalue weighted by atomic mass is 79.9. The fraction of sp³-hybridized carbons (Fsp3) is 0.238. The lowest BCUT2D eigenvalue weighted by atomic mass is 9.66. The normalized spacial score (nSPS) is 11.8. The molecule has 75 heavy (non-hydrogen) atoms. The van der Waals surface area contributed by atoms with Gasteiger partial charge in [-0.15, -0.1) is 23.2 Å². The lowest BCUT2D eigenvalue weighted by Gasteiger charge is -2.35. The molecule has 1 N–H and O–H groups in total. The van der Waals surface area contributed by atoms with Crippen LogP contribution in [0.1, 0.15) is 97.3 Å².